The second-order valence-electron chi connectivity index (χ2n) is 4.81. The maximum atomic E-state index is 5.83. The van der Waals surface area contributed by atoms with Crippen molar-refractivity contribution in [2.75, 3.05) is 11.9 Å². The molecule has 0 aliphatic heterocycles. The third-order valence-electron chi connectivity index (χ3n) is 3.30. The van der Waals surface area contributed by atoms with E-state index in [4.69, 9.17) is 18.0 Å². The van der Waals surface area contributed by atoms with Crippen LogP contribution in [0, 0.1) is 6.92 Å². The first-order chi connectivity index (χ1) is 9.49. The largest absolute Gasteiger partial charge is 0.389 e. The van der Waals surface area contributed by atoms with Crippen molar-refractivity contribution in [2.24, 2.45) is 5.73 Å². The lowest BCUT2D eigenvalue weighted by Gasteiger charge is -2.23. The van der Waals surface area contributed by atoms with Gasteiger partial charge in [-0.1, -0.05) is 52.4 Å². The van der Waals surface area contributed by atoms with Gasteiger partial charge in [-0.2, -0.15) is 0 Å². The van der Waals surface area contributed by atoms with E-state index >= 15 is 0 Å². The highest BCUT2D eigenvalue weighted by Crippen LogP contribution is 2.25. The molecule has 2 aromatic carbocycles. The Morgan fingerprint density at radius 2 is 1.95 bits per heavy atom. The quantitative estimate of drug-likeness (QED) is 0.845. The summed E-state index contributed by atoms with van der Waals surface area (Å²) in [6.45, 7) is 2.95. The zero-order chi connectivity index (χ0) is 14.7. The van der Waals surface area contributed by atoms with Gasteiger partial charge in [-0.05, 0) is 36.2 Å². The van der Waals surface area contributed by atoms with Crippen LogP contribution in [0.3, 0.4) is 0 Å². The molecular weight excluding hydrogens is 332 g/mol. The van der Waals surface area contributed by atoms with Crippen LogP contribution in [0.15, 0.2) is 46.9 Å². The van der Waals surface area contributed by atoms with E-state index in [-0.39, 0.29) is 0 Å². The molecule has 2 rings (SSSR count). The van der Waals surface area contributed by atoms with Crippen molar-refractivity contribution in [3.63, 3.8) is 0 Å². The monoisotopic (exact) mass is 348 g/mol. The van der Waals surface area contributed by atoms with Gasteiger partial charge in [-0.25, -0.2) is 0 Å². The lowest BCUT2D eigenvalue weighted by Crippen LogP contribution is -2.22. The van der Waals surface area contributed by atoms with Crippen LogP contribution >= 0.6 is 28.1 Å². The Morgan fingerprint density at radius 1 is 1.25 bits per heavy atom. The van der Waals surface area contributed by atoms with E-state index in [0.29, 0.717) is 4.99 Å². The third kappa shape index (κ3) is 3.38. The molecule has 0 spiro atoms. The maximum absolute atomic E-state index is 5.83. The van der Waals surface area contributed by atoms with Crippen LogP contribution in [0.1, 0.15) is 16.7 Å². The van der Waals surface area contributed by atoms with Crippen LogP contribution in [-0.2, 0) is 6.54 Å². The van der Waals surface area contributed by atoms with E-state index in [9.17, 15) is 0 Å². The van der Waals surface area contributed by atoms with Crippen LogP contribution in [0.5, 0.6) is 0 Å². The molecule has 2 nitrogen and oxygen atoms in total. The average Bonchev–Trinajstić information content (AvgIpc) is 2.41. The molecular formula is C16H17BrN2S. The molecule has 0 amide bonds. The summed E-state index contributed by atoms with van der Waals surface area (Å²) in [5, 5.41) is 0. The molecule has 0 fully saturated rings. The second kappa shape index (κ2) is 6.37. The summed E-state index contributed by atoms with van der Waals surface area (Å²) in [5.74, 6) is 0. The van der Waals surface area contributed by atoms with Crippen molar-refractivity contribution in [3.05, 3.63) is 63.6 Å². The van der Waals surface area contributed by atoms with Gasteiger partial charge in [0.15, 0.2) is 0 Å². The molecule has 20 heavy (non-hydrogen) atoms. The summed E-state index contributed by atoms with van der Waals surface area (Å²) in [6, 6.07) is 14.4. The van der Waals surface area contributed by atoms with Gasteiger partial charge in [0.2, 0.25) is 0 Å². The number of nitrogens with zero attached hydrogens (tertiary/aromatic N) is 1. The molecule has 2 N–H and O–H groups in total. The molecule has 0 atom stereocenters. The van der Waals surface area contributed by atoms with Crippen molar-refractivity contribution in [2.45, 2.75) is 13.5 Å². The molecule has 0 saturated heterocycles. The highest BCUT2D eigenvalue weighted by atomic mass is 79.9. The topological polar surface area (TPSA) is 29.3 Å². The predicted octanol–water partition coefficient (Wildman–Crippen LogP) is 4.03. The lowest BCUT2D eigenvalue weighted by molar-refractivity contribution is 0.913. The molecule has 0 aliphatic rings. The first kappa shape index (κ1) is 15.0. The van der Waals surface area contributed by atoms with Gasteiger partial charge in [-0.15, -0.1) is 0 Å². The fourth-order valence-corrected chi connectivity index (χ4v) is 2.69. The molecule has 0 aliphatic carbocycles. The van der Waals surface area contributed by atoms with E-state index in [1.165, 1.54) is 11.1 Å². The van der Waals surface area contributed by atoms with Gasteiger partial charge in [0.25, 0.3) is 0 Å². The fourth-order valence-electron chi connectivity index (χ4n) is 2.17. The van der Waals surface area contributed by atoms with Gasteiger partial charge in [0, 0.05) is 29.3 Å². The summed E-state index contributed by atoms with van der Waals surface area (Å²) in [5.41, 5.74) is 10.4. The van der Waals surface area contributed by atoms with Gasteiger partial charge >= 0.3 is 0 Å². The zero-order valence-corrected chi connectivity index (χ0v) is 14.0. The van der Waals surface area contributed by atoms with E-state index < -0.39 is 0 Å². The van der Waals surface area contributed by atoms with Crippen molar-refractivity contribution in [1.82, 2.24) is 0 Å². The summed E-state index contributed by atoms with van der Waals surface area (Å²) >= 11 is 8.61. The molecule has 104 valence electrons. The second-order valence-corrected chi connectivity index (χ2v) is 6.16. The van der Waals surface area contributed by atoms with Crippen molar-refractivity contribution in [1.29, 1.82) is 0 Å². The van der Waals surface area contributed by atoms with Crippen LogP contribution in [0.25, 0.3) is 0 Å². The van der Waals surface area contributed by atoms with Crippen molar-refractivity contribution in [3.8, 4) is 0 Å². The number of benzene rings is 2. The van der Waals surface area contributed by atoms with Gasteiger partial charge in [0.1, 0.15) is 4.99 Å². The Morgan fingerprint density at radius 3 is 2.60 bits per heavy atom. The molecule has 0 saturated carbocycles. The minimum atomic E-state index is 0.415. The zero-order valence-electron chi connectivity index (χ0n) is 11.6. The van der Waals surface area contributed by atoms with Crippen LogP contribution in [0.4, 0.5) is 5.69 Å². The minimum absolute atomic E-state index is 0.415. The standard InChI is InChI=1S/C16H17BrN2S/c1-11-5-3-4-6-12(11)10-19(2)15-8-7-13(17)9-14(15)16(18)20/h3-9H,10H2,1-2H3,(H2,18,20). The summed E-state index contributed by atoms with van der Waals surface area (Å²) in [7, 11) is 2.05. The number of aryl methyl sites for hydroxylation is 1. The Labute approximate surface area is 133 Å². The number of hydrogen-bond acceptors (Lipinski definition) is 2. The number of anilines is 1. The molecule has 0 unspecified atom stereocenters. The van der Waals surface area contributed by atoms with E-state index in [2.05, 4.69) is 59.1 Å². The smallest absolute Gasteiger partial charge is 0.106 e. The third-order valence-corrected chi connectivity index (χ3v) is 4.02. The summed E-state index contributed by atoms with van der Waals surface area (Å²) < 4.78 is 0.980. The number of rotatable bonds is 4. The Balaban J connectivity index is 2.32. The first-order valence-corrected chi connectivity index (χ1v) is 7.54. The highest BCUT2D eigenvalue weighted by molar-refractivity contribution is 9.10. The Kier molecular flexibility index (Phi) is 4.78. The Hall–Kier alpha value is -1.39. The van der Waals surface area contributed by atoms with Crippen LogP contribution in [0.2, 0.25) is 0 Å². The summed E-state index contributed by atoms with van der Waals surface area (Å²) in [6.07, 6.45) is 0. The number of hydrogen-bond donors (Lipinski definition) is 1. The molecule has 4 heteroatoms. The van der Waals surface area contributed by atoms with Crippen LogP contribution in [-0.4, -0.2) is 12.0 Å². The van der Waals surface area contributed by atoms with Crippen LogP contribution < -0.4 is 10.6 Å². The predicted molar refractivity (Wildman–Crippen MR) is 93.3 cm³/mol. The SMILES string of the molecule is Cc1ccccc1CN(C)c1ccc(Br)cc1C(N)=S. The van der Waals surface area contributed by atoms with Gasteiger partial charge < -0.3 is 10.6 Å². The molecule has 0 bridgehead atoms. The van der Waals surface area contributed by atoms with Crippen molar-refractivity contribution >= 4 is 38.8 Å². The van der Waals surface area contributed by atoms with E-state index in [1.807, 2.05) is 18.2 Å². The van der Waals surface area contributed by atoms with Crippen molar-refractivity contribution < 1.29 is 0 Å². The molecule has 2 aromatic rings. The van der Waals surface area contributed by atoms with Gasteiger partial charge in [-0.3, -0.25) is 0 Å². The molecule has 0 aromatic heterocycles. The molecule has 0 heterocycles. The maximum Gasteiger partial charge on any atom is 0.106 e. The summed E-state index contributed by atoms with van der Waals surface area (Å²) in [4.78, 5) is 2.58. The molecule has 0 radical (unpaired) electrons. The van der Waals surface area contributed by atoms with Gasteiger partial charge in [0.05, 0.1) is 0 Å². The number of nitrogens with two attached hydrogens (primary N) is 1. The van der Waals surface area contributed by atoms with E-state index in [0.717, 1.165) is 22.3 Å². The fraction of sp³-hybridized carbons (Fsp3) is 0.188. The normalized spacial score (nSPS) is 10.3. The number of halogens is 1. The van der Waals surface area contributed by atoms with E-state index in [1.54, 1.807) is 0 Å². The number of thiocarbonyl (C=S) groups is 1. The minimum Gasteiger partial charge on any atom is -0.389 e. The highest BCUT2D eigenvalue weighted by Gasteiger charge is 2.11. The Bertz CT molecular complexity index is 640. The lowest BCUT2D eigenvalue weighted by atomic mass is 10.1. The average molecular weight is 349 g/mol. The first-order valence-electron chi connectivity index (χ1n) is 6.34.